The molecule has 25 heavy (non-hydrogen) atoms. The third-order valence-electron chi connectivity index (χ3n) is 3.65. The Hall–Kier alpha value is -2.95. The van der Waals surface area contributed by atoms with Gasteiger partial charge in [0, 0.05) is 18.3 Å². The minimum absolute atomic E-state index is 0.288. The fourth-order valence-corrected chi connectivity index (χ4v) is 2.32. The molecule has 1 amide bonds. The summed E-state index contributed by atoms with van der Waals surface area (Å²) < 4.78 is 4.78. The van der Waals surface area contributed by atoms with Gasteiger partial charge < -0.3 is 10.1 Å². The normalized spacial score (nSPS) is 11.9. The summed E-state index contributed by atoms with van der Waals surface area (Å²) in [5.41, 5.74) is 1.54. The topological polar surface area (TPSA) is 67.8 Å². The molecule has 0 bridgehead atoms. The van der Waals surface area contributed by atoms with Crippen molar-refractivity contribution in [2.24, 2.45) is 4.99 Å². The van der Waals surface area contributed by atoms with E-state index < -0.39 is 12.0 Å². The molecule has 0 heterocycles. The molecule has 2 aromatic rings. The van der Waals surface area contributed by atoms with Crippen molar-refractivity contribution in [2.75, 3.05) is 13.7 Å². The molecule has 5 heteroatoms. The number of rotatable bonds is 8. The van der Waals surface area contributed by atoms with Crippen LogP contribution >= 0.6 is 0 Å². The first-order chi connectivity index (χ1) is 12.2. The number of hydrogen-bond donors (Lipinski definition) is 1. The van der Waals surface area contributed by atoms with Crippen molar-refractivity contribution in [1.82, 2.24) is 5.32 Å². The van der Waals surface area contributed by atoms with Crippen LogP contribution in [-0.4, -0.2) is 37.8 Å². The number of hydrogen-bond acceptors (Lipinski definition) is 4. The van der Waals surface area contributed by atoms with Gasteiger partial charge >= 0.3 is 5.97 Å². The Labute approximate surface area is 147 Å². The lowest BCUT2D eigenvalue weighted by Crippen LogP contribution is -2.41. The van der Waals surface area contributed by atoms with Crippen molar-refractivity contribution in [3.8, 4) is 0 Å². The number of methoxy groups -OCH3 is 1. The molecule has 0 saturated carbocycles. The van der Waals surface area contributed by atoms with Gasteiger partial charge in [-0.2, -0.15) is 0 Å². The number of benzene rings is 2. The van der Waals surface area contributed by atoms with Gasteiger partial charge in [0.2, 0.25) is 0 Å². The van der Waals surface area contributed by atoms with Crippen LogP contribution in [0.2, 0.25) is 0 Å². The fourth-order valence-electron chi connectivity index (χ4n) is 2.32. The van der Waals surface area contributed by atoms with Crippen molar-refractivity contribution in [3.63, 3.8) is 0 Å². The van der Waals surface area contributed by atoms with Crippen molar-refractivity contribution >= 4 is 18.1 Å². The molecule has 0 aromatic heterocycles. The van der Waals surface area contributed by atoms with E-state index in [9.17, 15) is 9.59 Å². The molecule has 0 unspecified atom stereocenters. The molecular formula is C20H22N2O3. The van der Waals surface area contributed by atoms with Crippen LogP contribution in [0.5, 0.6) is 0 Å². The monoisotopic (exact) mass is 338 g/mol. The van der Waals surface area contributed by atoms with Crippen molar-refractivity contribution < 1.29 is 14.3 Å². The Kier molecular flexibility index (Phi) is 7.38. The van der Waals surface area contributed by atoms with Gasteiger partial charge in [-0.3, -0.25) is 9.79 Å². The van der Waals surface area contributed by atoms with E-state index in [-0.39, 0.29) is 5.91 Å². The molecule has 2 rings (SSSR count). The highest BCUT2D eigenvalue weighted by Crippen LogP contribution is 2.04. The van der Waals surface area contributed by atoms with Crippen LogP contribution in [0.4, 0.5) is 0 Å². The maximum Gasteiger partial charge on any atom is 0.328 e. The van der Waals surface area contributed by atoms with E-state index >= 15 is 0 Å². The Morgan fingerprint density at radius 2 is 1.72 bits per heavy atom. The Balaban J connectivity index is 1.84. The van der Waals surface area contributed by atoms with Gasteiger partial charge in [0.05, 0.1) is 7.11 Å². The number of esters is 1. The van der Waals surface area contributed by atoms with Crippen molar-refractivity contribution in [2.45, 2.75) is 18.9 Å². The molecule has 0 aliphatic carbocycles. The summed E-state index contributed by atoms with van der Waals surface area (Å²) in [6, 6.07) is 17.9. The lowest BCUT2D eigenvalue weighted by molar-refractivity contribution is -0.143. The SMILES string of the molecule is COC(=O)[C@H](CCCN=Cc1ccccc1)NC(=O)c1ccccc1. The second kappa shape index (κ2) is 10.0. The summed E-state index contributed by atoms with van der Waals surface area (Å²) >= 11 is 0. The van der Waals surface area contributed by atoms with E-state index in [1.807, 2.05) is 36.4 Å². The zero-order valence-corrected chi connectivity index (χ0v) is 14.2. The van der Waals surface area contributed by atoms with Crippen LogP contribution in [0.25, 0.3) is 0 Å². The Morgan fingerprint density at radius 3 is 2.36 bits per heavy atom. The van der Waals surface area contributed by atoms with Crippen LogP contribution in [0, 0.1) is 0 Å². The Morgan fingerprint density at radius 1 is 1.08 bits per heavy atom. The zero-order chi connectivity index (χ0) is 17.9. The van der Waals surface area contributed by atoms with E-state index in [0.717, 1.165) is 5.56 Å². The minimum atomic E-state index is -0.676. The number of carbonyl (C=O) groups is 2. The smallest absolute Gasteiger partial charge is 0.328 e. The molecular weight excluding hydrogens is 316 g/mol. The second-order valence-electron chi connectivity index (χ2n) is 5.50. The van der Waals surface area contributed by atoms with E-state index in [1.165, 1.54) is 7.11 Å². The molecule has 0 aliphatic heterocycles. The van der Waals surface area contributed by atoms with Gasteiger partial charge in [0.15, 0.2) is 0 Å². The summed E-state index contributed by atoms with van der Waals surface area (Å²) in [6.45, 7) is 0.573. The number of amides is 1. The number of ether oxygens (including phenoxy) is 1. The number of carbonyl (C=O) groups excluding carboxylic acids is 2. The summed E-state index contributed by atoms with van der Waals surface area (Å²) in [5, 5.41) is 2.73. The van der Waals surface area contributed by atoms with Gasteiger partial charge in [-0.25, -0.2) is 4.79 Å². The first-order valence-corrected chi connectivity index (χ1v) is 8.19. The molecule has 0 aliphatic rings. The number of nitrogens with zero attached hydrogens (tertiary/aromatic N) is 1. The van der Waals surface area contributed by atoms with Crippen LogP contribution in [0.15, 0.2) is 65.7 Å². The van der Waals surface area contributed by atoms with E-state index in [0.29, 0.717) is 24.9 Å². The molecule has 1 N–H and O–H groups in total. The number of nitrogens with one attached hydrogen (secondary N) is 1. The molecule has 0 spiro atoms. The summed E-state index contributed by atoms with van der Waals surface area (Å²) in [4.78, 5) is 28.4. The van der Waals surface area contributed by atoms with Gasteiger partial charge in [0.25, 0.3) is 5.91 Å². The number of aliphatic imine (C=N–C) groups is 1. The van der Waals surface area contributed by atoms with Gasteiger partial charge in [-0.1, -0.05) is 48.5 Å². The average molecular weight is 338 g/mol. The summed E-state index contributed by atoms with van der Waals surface area (Å²) in [5.74, 6) is -0.736. The molecule has 0 saturated heterocycles. The van der Waals surface area contributed by atoms with E-state index in [1.54, 1.807) is 30.5 Å². The highest BCUT2D eigenvalue weighted by molar-refractivity contribution is 5.96. The molecule has 1 atom stereocenters. The quantitative estimate of drug-likeness (QED) is 0.457. The fraction of sp³-hybridized carbons (Fsp3) is 0.250. The molecule has 0 radical (unpaired) electrons. The van der Waals surface area contributed by atoms with Crippen LogP contribution in [0.1, 0.15) is 28.8 Å². The molecule has 5 nitrogen and oxygen atoms in total. The van der Waals surface area contributed by atoms with E-state index in [4.69, 9.17) is 4.74 Å². The minimum Gasteiger partial charge on any atom is -0.467 e. The van der Waals surface area contributed by atoms with Gasteiger partial charge in [-0.05, 0) is 30.5 Å². The average Bonchev–Trinajstić information content (AvgIpc) is 2.67. The lowest BCUT2D eigenvalue weighted by Gasteiger charge is -2.16. The van der Waals surface area contributed by atoms with Crippen molar-refractivity contribution in [1.29, 1.82) is 0 Å². The third kappa shape index (κ3) is 6.22. The first-order valence-electron chi connectivity index (χ1n) is 8.19. The van der Waals surface area contributed by atoms with Gasteiger partial charge in [-0.15, -0.1) is 0 Å². The van der Waals surface area contributed by atoms with Gasteiger partial charge in [0.1, 0.15) is 6.04 Å². The predicted molar refractivity (Wildman–Crippen MR) is 97.8 cm³/mol. The lowest BCUT2D eigenvalue weighted by atomic mass is 10.1. The summed E-state index contributed by atoms with van der Waals surface area (Å²) in [6.07, 6.45) is 2.94. The molecule has 0 fully saturated rings. The highest BCUT2D eigenvalue weighted by atomic mass is 16.5. The standard InChI is InChI=1S/C20H22N2O3/c1-25-20(24)18(22-19(23)17-11-6-3-7-12-17)13-8-14-21-15-16-9-4-2-5-10-16/h2-7,9-12,15,18H,8,13-14H2,1H3,(H,22,23)/t18-/m0/s1. The van der Waals surface area contributed by atoms with Crippen LogP contribution in [-0.2, 0) is 9.53 Å². The Bertz CT molecular complexity index is 699. The van der Waals surface area contributed by atoms with Crippen LogP contribution in [0.3, 0.4) is 0 Å². The maximum absolute atomic E-state index is 12.2. The zero-order valence-electron chi connectivity index (χ0n) is 14.2. The maximum atomic E-state index is 12.2. The van der Waals surface area contributed by atoms with E-state index in [2.05, 4.69) is 10.3 Å². The summed E-state index contributed by atoms with van der Waals surface area (Å²) in [7, 11) is 1.32. The second-order valence-corrected chi connectivity index (χ2v) is 5.50. The third-order valence-corrected chi connectivity index (χ3v) is 3.65. The largest absolute Gasteiger partial charge is 0.467 e. The van der Waals surface area contributed by atoms with Crippen molar-refractivity contribution in [3.05, 3.63) is 71.8 Å². The molecule has 130 valence electrons. The predicted octanol–water partition coefficient (Wildman–Crippen LogP) is 2.86. The highest BCUT2D eigenvalue weighted by Gasteiger charge is 2.21. The molecule has 2 aromatic carbocycles. The van der Waals surface area contributed by atoms with Crippen LogP contribution < -0.4 is 5.32 Å². The first kappa shape index (κ1) is 18.4.